The molecule has 8 heteroatoms. The topological polar surface area (TPSA) is 82.5 Å². The van der Waals surface area contributed by atoms with Gasteiger partial charge in [0.25, 0.3) is 17.2 Å². The minimum absolute atomic E-state index is 0.287. The molecule has 2 N–H and O–H groups in total. The first-order valence-electron chi connectivity index (χ1n) is 8.40. The van der Waals surface area contributed by atoms with Gasteiger partial charge in [-0.05, 0) is 60.5 Å². The lowest BCUT2D eigenvalue weighted by atomic mass is 10.1. The van der Waals surface area contributed by atoms with Crippen molar-refractivity contribution in [1.82, 2.24) is 10.3 Å². The summed E-state index contributed by atoms with van der Waals surface area (Å²) in [5.41, 5.74) is 2.95. The largest absolute Gasteiger partial charge is 0.348 e. The lowest BCUT2D eigenvalue weighted by Crippen LogP contribution is -2.24. The minimum Gasteiger partial charge on any atom is -0.348 e. The molecule has 0 saturated heterocycles. The Hall–Kier alpha value is -2.74. The van der Waals surface area contributed by atoms with Crippen molar-refractivity contribution in [3.63, 3.8) is 0 Å². The van der Waals surface area contributed by atoms with Crippen LogP contribution in [0.1, 0.15) is 21.5 Å². The van der Waals surface area contributed by atoms with Crippen LogP contribution in [0.3, 0.4) is 0 Å². The van der Waals surface area contributed by atoms with Crippen LogP contribution in [0.25, 0.3) is 0 Å². The zero-order chi connectivity index (χ0) is 20.1. The van der Waals surface area contributed by atoms with Gasteiger partial charge in [-0.1, -0.05) is 23.7 Å². The van der Waals surface area contributed by atoms with Gasteiger partial charge in [-0.3, -0.25) is 14.3 Å². The molecule has 3 aromatic rings. The Kier molecular flexibility index (Phi) is 6.41. The summed E-state index contributed by atoms with van der Waals surface area (Å²) in [5, 5.41) is 3.35. The van der Waals surface area contributed by atoms with Crippen LogP contribution in [0, 0.1) is 6.92 Å². The van der Waals surface area contributed by atoms with E-state index in [2.05, 4.69) is 10.3 Å². The van der Waals surface area contributed by atoms with Crippen LogP contribution < -0.4 is 9.62 Å². The zero-order valence-corrected chi connectivity index (χ0v) is 16.6. The van der Waals surface area contributed by atoms with Gasteiger partial charge in [0.1, 0.15) is 0 Å². The van der Waals surface area contributed by atoms with Gasteiger partial charge in [-0.15, -0.1) is 0 Å². The lowest BCUT2D eigenvalue weighted by molar-refractivity contribution is 0.0951. The number of hydrogen-bond acceptors (Lipinski definition) is 3. The van der Waals surface area contributed by atoms with Crippen molar-refractivity contribution in [2.45, 2.75) is 13.5 Å². The van der Waals surface area contributed by atoms with E-state index in [1.807, 2.05) is 13.0 Å². The molecule has 28 heavy (non-hydrogen) atoms. The van der Waals surface area contributed by atoms with Crippen molar-refractivity contribution in [2.24, 2.45) is 0 Å². The quantitative estimate of drug-likeness (QED) is 0.589. The molecule has 0 radical (unpaired) electrons. The monoisotopic (exact) mass is 415 g/mol. The average molecular weight is 416 g/mol. The van der Waals surface area contributed by atoms with Crippen LogP contribution in [0.5, 0.6) is 0 Å². The number of carbonyl (C=O) groups is 1. The molecule has 1 aromatic heterocycles. The molecule has 0 aliphatic carbocycles. The van der Waals surface area contributed by atoms with Crippen molar-refractivity contribution >= 4 is 40.1 Å². The molecule has 0 fully saturated rings. The average Bonchev–Trinajstić information content (AvgIpc) is 2.70. The summed E-state index contributed by atoms with van der Waals surface area (Å²) >= 11 is 3.58. The van der Waals surface area contributed by atoms with Crippen LogP contribution >= 0.6 is 11.6 Å². The predicted octanol–water partition coefficient (Wildman–Crippen LogP) is 4.25. The normalized spacial score (nSPS) is 11.7. The summed E-state index contributed by atoms with van der Waals surface area (Å²) in [6.07, 6.45) is 3.34. The molecule has 0 spiro atoms. The van der Waals surface area contributed by atoms with Crippen molar-refractivity contribution in [1.29, 1.82) is 0 Å². The Morgan fingerprint density at radius 1 is 1.21 bits per heavy atom. The maximum Gasteiger partial charge on any atom is 0.266 e. The van der Waals surface area contributed by atoms with Crippen LogP contribution in [-0.2, 0) is 17.8 Å². The zero-order valence-electron chi connectivity index (χ0n) is 15.0. The first kappa shape index (κ1) is 20.0. The first-order valence-corrected chi connectivity index (χ1v) is 9.84. The van der Waals surface area contributed by atoms with Crippen LogP contribution in [-0.4, -0.2) is 19.7 Å². The van der Waals surface area contributed by atoms with Crippen molar-refractivity contribution in [3.8, 4) is 0 Å². The third-order valence-electron chi connectivity index (χ3n) is 4.08. The maximum atomic E-state index is 12.5. The number of anilines is 2. The van der Waals surface area contributed by atoms with Crippen LogP contribution in [0.15, 0.2) is 67.0 Å². The Balaban J connectivity index is 1.87. The number of hydrogen-bond donors (Lipinski definition) is 2. The van der Waals surface area contributed by atoms with Gasteiger partial charge in [0.05, 0.1) is 11.4 Å². The summed E-state index contributed by atoms with van der Waals surface area (Å²) in [5.74, 6) is -0.287. The highest BCUT2D eigenvalue weighted by Gasteiger charge is 2.19. The van der Waals surface area contributed by atoms with E-state index >= 15 is 0 Å². The van der Waals surface area contributed by atoms with E-state index in [9.17, 15) is 13.6 Å². The number of aromatic nitrogens is 1. The number of halogens is 1. The van der Waals surface area contributed by atoms with Gasteiger partial charge in [-0.2, -0.15) is 0 Å². The molecule has 144 valence electrons. The molecule has 0 aliphatic rings. The predicted molar refractivity (Wildman–Crippen MR) is 111 cm³/mol. The van der Waals surface area contributed by atoms with E-state index in [4.69, 9.17) is 11.6 Å². The highest BCUT2D eigenvalue weighted by Crippen LogP contribution is 2.31. The van der Waals surface area contributed by atoms with Crippen LogP contribution in [0.4, 0.5) is 11.4 Å². The number of rotatable bonds is 6. The van der Waals surface area contributed by atoms with Crippen molar-refractivity contribution in [3.05, 3.63) is 88.7 Å². The summed E-state index contributed by atoms with van der Waals surface area (Å²) in [6, 6.07) is 15.2. The highest BCUT2D eigenvalue weighted by molar-refractivity contribution is 7.81. The fourth-order valence-corrected chi connectivity index (χ4v) is 3.44. The fourth-order valence-electron chi connectivity index (χ4n) is 2.65. The molecular weight excluding hydrogens is 398 g/mol. The van der Waals surface area contributed by atoms with Gasteiger partial charge in [0.15, 0.2) is 0 Å². The van der Waals surface area contributed by atoms with E-state index in [1.165, 1.54) is 4.31 Å². The Morgan fingerprint density at radius 3 is 2.61 bits per heavy atom. The number of benzene rings is 2. The van der Waals surface area contributed by atoms with Gasteiger partial charge in [0.2, 0.25) is 0 Å². The van der Waals surface area contributed by atoms with Gasteiger partial charge < -0.3 is 5.32 Å². The molecule has 0 saturated carbocycles. The third kappa shape index (κ3) is 4.75. The summed E-state index contributed by atoms with van der Waals surface area (Å²) in [7, 11) is 0. The molecule has 2 aromatic carbocycles. The number of pyridine rings is 1. The Morgan fingerprint density at radius 2 is 1.96 bits per heavy atom. The van der Waals surface area contributed by atoms with E-state index in [0.29, 0.717) is 28.5 Å². The van der Waals surface area contributed by atoms with Gasteiger partial charge >= 0.3 is 0 Å². The lowest BCUT2D eigenvalue weighted by Gasteiger charge is -2.22. The van der Waals surface area contributed by atoms with E-state index in [0.717, 1.165) is 11.1 Å². The summed E-state index contributed by atoms with van der Waals surface area (Å²) in [4.78, 5) is 16.6. The van der Waals surface area contributed by atoms with E-state index in [1.54, 1.807) is 60.9 Å². The van der Waals surface area contributed by atoms with Crippen LogP contribution in [0.2, 0.25) is 5.02 Å². The Labute approximate surface area is 170 Å². The minimum atomic E-state index is -2.33. The number of carbonyl (C=O) groups excluding carboxylic acids is 1. The van der Waals surface area contributed by atoms with Crippen molar-refractivity contribution < 1.29 is 13.6 Å². The first-order chi connectivity index (χ1) is 13.5. The number of nitrogens with one attached hydrogen (secondary N) is 1. The molecule has 0 aliphatic heterocycles. The smallest absolute Gasteiger partial charge is 0.266 e. The number of amides is 1. The second kappa shape index (κ2) is 8.97. The van der Waals surface area contributed by atoms with E-state index < -0.39 is 11.3 Å². The third-order valence-corrected chi connectivity index (χ3v) is 5.06. The maximum absolute atomic E-state index is 12.5. The molecule has 1 atom stereocenters. The van der Waals surface area contributed by atoms with Crippen molar-refractivity contribution in [2.75, 3.05) is 4.31 Å². The number of nitrogens with zero attached hydrogens (tertiary/aromatic N) is 2. The molecule has 6 nitrogen and oxygen atoms in total. The van der Waals surface area contributed by atoms with Gasteiger partial charge in [0, 0.05) is 29.5 Å². The molecule has 1 unspecified atom stereocenters. The Bertz CT molecular complexity index is 997. The highest BCUT2D eigenvalue weighted by atomic mass is 35.5. The van der Waals surface area contributed by atoms with E-state index in [-0.39, 0.29) is 5.91 Å². The number of aryl methyl sites for hydroxylation is 1. The summed E-state index contributed by atoms with van der Waals surface area (Å²) < 4.78 is 23.1. The second-order valence-electron chi connectivity index (χ2n) is 6.05. The molecule has 1 heterocycles. The summed E-state index contributed by atoms with van der Waals surface area (Å²) in [6.45, 7) is 2.14. The molecule has 3 rings (SSSR count). The standard InChI is InChI=1S/C20H18ClN3O3S/c1-14-4-5-16(20(25)23-13-15-3-2-10-22-12-15)11-19(14)24(28(26)27)18-8-6-17(21)7-9-18/h2-12H,13H2,1H3,(H,23,25)(H,26,27). The molecule has 1 amide bonds. The van der Waals surface area contributed by atoms with Gasteiger partial charge in [-0.25, -0.2) is 8.51 Å². The fraction of sp³-hybridized carbons (Fsp3) is 0.100. The molecular formula is C20H18ClN3O3S. The second-order valence-corrected chi connectivity index (χ2v) is 7.31. The molecule has 0 bridgehead atoms. The SMILES string of the molecule is Cc1ccc(C(=O)NCc2cccnc2)cc1N(c1ccc(Cl)cc1)S(=O)O.